The zero-order chi connectivity index (χ0) is 14.5. The van der Waals surface area contributed by atoms with Crippen molar-refractivity contribution in [1.82, 2.24) is 20.0 Å². The van der Waals surface area contributed by atoms with E-state index in [-0.39, 0.29) is 0 Å². The van der Waals surface area contributed by atoms with Gasteiger partial charge in [0, 0.05) is 10.8 Å². The van der Waals surface area contributed by atoms with Crippen molar-refractivity contribution in [2.24, 2.45) is 0 Å². The maximum absolute atomic E-state index is 4.68. The molecule has 0 atom stereocenters. The Labute approximate surface area is 126 Å². The van der Waals surface area contributed by atoms with E-state index in [0.717, 1.165) is 33.1 Å². The molecule has 0 fully saturated rings. The lowest BCUT2D eigenvalue weighted by atomic mass is 10.1. The van der Waals surface area contributed by atoms with Gasteiger partial charge in [-0.1, -0.05) is 36.4 Å². The Morgan fingerprint density at radius 2 is 1.55 bits per heavy atom. The maximum atomic E-state index is 4.68. The van der Waals surface area contributed by atoms with Gasteiger partial charge in [0.1, 0.15) is 5.52 Å². The Hall–Kier alpha value is -3.14. The number of fused-ring (bicyclic) bond motifs is 4. The third kappa shape index (κ3) is 1.52. The molecule has 0 aliphatic rings. The molecule has 0 saturated heterocycles. The van der Waals surface area contributed by atoms with Gasteiger partial charge in [0.2, 0.25) is 0 Å². The predicted molar refractivity (Wildman–Crippen MR) is 88.2 cm³/mol. The van der Waals surface area contributed by atoms with Crippen molar-refractivity contribution in [2.75, 3.05) is 0 Å². The van der Waals surface area contributed by atoms with Gasteiger partial charge in [-0.2, -0.15) is 5.10 Å². The Morgan fingerprint density at radius 1 is 0.727 bits per heavy atom. The largest absolute Gasteiger partial charge is 0.248 e. The lowest BCUT2D eigenvalue weighted by Gasteiger charge is -2.02. The number of hydrogen-bond acceptors (Lipinski definition) is 2. The predicted octanol–water partition coefficient (Wildman–Crippen LogP) is 4.06. The molecule has 0 spiro atoms. The van der Waals surface area contributed by atoms with Crippen LogP contribution in [0.2, 0.25) is 0 Å². The summed E-state index contributed by atoms with van der Waals surface area (Å²) in [5, 5.41) is 9.84. The minimum atomic E-state index is 0.916. The molecule has 1 N–H and O–H groups in total. The molecule has 22 heavy (non-hydrogen) atoms. The number of benzene rings is 3. The fourth-order valence-corrected chi connectivity index (χ4v) is 3.00. The fourth-order valence-electron chi connectivity index (χ4n) is 3.00. The maximum Gasteiger partial charge on any atom is 0.113 e. The van der Waals surface area contributed by atoms with Crippen molar-refractivity contribution in [3.05, 3.63) is 66.7 Å². The number of para-hydroxylation sites is 2. The molecule has 5 rings (SSSR count). The molecule has 0 amide bonds. The molecular weight excluding hydrogens is 272 g/mol. The molecule has 4 nitrogen and oxygen atoms in total. The number of hydrogen-bond donors (Lipinski definition) is 1. The van der Waals surface area contributed by atoms with Crippen molar-refractivity contribution in [3.63, 3.8) is 0 Å². The summed E-state index contributed by atoms with van der Waals surface area (Å²) in [4.78, 5) is 4.68. The first-order valence-electron chi connectivity index (χ1n) is 7.21. The van der Waals surface area contributed by atoms with E-state index in [1.165, 1.54) is 5.39 Å². The number of aromatic amines is 1. The first-order chi connectivity index (χ1) is 10.9. The van der Waals surface area contributed by atoms with Gasteiger partial charge in [-0.05, 0) is 30.3 Å². The van der Waals surface area contributed by atoms with Crippen LogP contribution in [0.1, 0.15) is 0 Å². The molecule has 2 heterocycles. The van der Waals surface area contributed by atoms with Crippen molar-refractivity contribution in [1.29, 1.82) is 0 Å². The highest BCUT2D eigenvalue weighted by Crippen LogP contribution is 2.29. The van der Waals surface area contributed by atoms with Gasteiger partial charge in [-0.15, -0.1) is 0 Å². The summed E-state index contributed by atoms with van der Waals surface area (Å²) in [5.74, 6) is 0. The zero-order valence-corrected chi connectivity index (χ0v) is 11.7. The smallest absolute Gasteiger partial charge is 0.113 e. The number of H-pyrrole nitrogens is 1. The van der Waals surface area contributed by atoms with Crippen LogP contribution >= 0.6 is 0 Å². The topological polar surface area (TPSA) is 46.5 Å². The highest BCUT2D eigenvalue weighted by atomic mass is 15.4. The van der Waals surface area contributed by atoms with Crippen LogP contribution in [0.4, 0.5) is 0 Å². The van der Waals surface area contributed by atoms with E-state index >= 15 is 0 Å². The standard InChI is InChI=1S/C18H12N4/c1-2-6-12(7-3-1)22-18-10-14-13-8-4-5-9-15(13)19-16(14)11-17(18)20-21-22/h1-11,21H. The normalized spacial score (nSPS) is 11.6. The molecule has 104 valence electrons. The Morgan fingerprint density at radius 3 is 2.45 bits per heavy atom. The molecule has 0 bridgehead atoms. The second-order valence-electron chi connectivity index (χ2n) is 5.37. The third-order valence-corrected chi connectivity index (χ3v) is 4.05. The molecule has 0 unspecified atom stereocenters. The Kier molecular flexibility index (Phi) is 2.19. The van der Waals surface area contributed by atoms with E-state index in [2.05, 4.69) is 39.6 Å². The Balaban J connectivity index is 1.89. The van der Waals surface area contributed by atoms with E-state index in [1.807, 2.05) is 47.1 Å². The highest BCUT2D eigenvalue weighted by Gasteiger charge is 2.11. The second-order valence-corrected chi connectivity index (χ2v) is 5.37. The average Bonchev–Trinajstić information content (AvgIpc) is 3.14. The van der Waals surface area contributed by atoms with Gasteiger partial charge < -0.3 is 0 Å². The molecule has 0 aliphatic carbocycles. The fraction of sp³-hybridized carbons (Fsp3) is 0. The lowest BCUT2D eigenvalue weighted by molar-refractivity contribution is 0.824. The summed E-state index contributed by atoms with van der Waals surface area (Å²) in [7, 11) is 0. The summed E-state index contributed by atoms with van der Waals surface area (Å²) < 4.78 is 2.00. The lowest BCUT2D eigenvalue weighted by Crippen LogP contribution is -1.95. The molecular formula is C18H12N4. The molecule has 4 heteroatoms. The molecule has 3 aromatic carbocycles. The van der Waals surface area contributed by atoms with Crippen LogP contribution in [0, 0.1) is 0 Å². The quantitative estimate of drug-likeness (QED) is 0.504. The number of rotatable bonds is 1. The van der Waals surface area contributed by atoms with Crippen LogP contribution in [0.25, 0.3) is 38.5 Å². The minimum absolute atomic E-state index is 0.916. The molecule has 0 saturated carbocycles. The highest BCUT2D eigenvalue weighted by molar-refractivity contribution is 6.11. The summed E-state index contributed by atoms with van der Waals surface area (Å²) in [6.45, 7) is 0. The van der Waals surface area contributed by atoms with Gasteiger partial charge >= 0.3 is 0 Å². The molecule has 2 aromatic heterocycles. The van der Waals surface area contributed by atoms with E-state index in [1.54, 1.807) is 0 Å². The van der Waals surface area contributed by atoms with Crippen molar-refractivity contribution < 1.29 is 0 Å². The molecule has 0 radical (unpaired) electrons. The summed E-state index contributed by atoms with van der Waals surface area (Å²) >= 11 is 0. The van der Waals surface area contributed by atoms with Crippen LogP contribution in [-0.4, -0.2) is 20.0 Å². The number of nitrogens with one attached hydrogen (secondary N) is 1. The number of aromatic nitrogens is 4. The summed E-state index contributed by atoms with van der Waals surface area (Å²) in [5.41, 5.74) is 5.05. The van der Waals surface area contributed by atoms with E-state index in [4.69, 9.17) is 0 Å². The van der Waals surface area contributed by atoms with Crippen molar-refractivity contribution in [2.45, 2.75) is 0 Å². The van der Waals surface area contributed by atoms with Gasteiger partial charge in [0.05, 0.1) is 22.2 Å². The van der Waals surface area contributed by atoms with Gasteiger partial charge in [-0.3, -0.25) is 0 Å². The van der Waals surface area contributed by atoms with Gasteiger partial charge in [0.15, 0.2) is 0 Å². The van der Waals surface area contributed by atoms with Crippen LogP contribution < -0.4 is 0 Å². The van der Waals surface area contributed by atoms with E-state index in [0.29, 0.717) is 0 Å². The van der Waals surface area contributed by atoms with Crippen molar-refractivity contribution >= 4 is 32.8 Å². The summed E-state index contributed by atoms with van der Waals surface area (Å²) in [6.07, 6.45) is 0. The SMILES string of the molecule is c1ccc(-n2[nH]nc3cc4nc5ccccc5c4cc32)cc1. The molecule has 5 aromatic rings. The first kappa shape index (κ1) is 11.5. The number of nitrogens with zero attached hydrogens (tertiary/aromatic N) is 3. The summed E-state index contributed by atoms with van der Waals surface area (Å²) in [6, 6.07) is 22.6. The van der Waals surface area contributed by atoms with Crippen LogP contribution in [0.3, 0.4) is 0 Å². The van der Waals surface area contributed by atoms with Crippen LogP contribution in [0.5, 0.6) is 0 Å². The van der Waals surface area contributed by atoms with E-state index in [9.17, 15) is 0 Å². The van der Waals surface area contributed by atoms with Crippen LogP contribution in [0.15, 0.2) is 66.7 Å². The monoisotopic (exact) mass is 284 g/mol. The third-order valence-electron chi connectivity index (χ3n) is 4.05. The average molecular weight is 284 g/mol. The zero-order valence-electron chi connectivity index (χ0n) is 11.7. The first-order valence-corrected chi connectivity index (χ1v) is 7.21. The van der Waals surface area contributed by atoms with Crippen LogP contribution in [-0.2, 0) is 0 Å². The van der Waals surface area contributed by atoms with Crippen molar-refractivity contribution in [3.8, 4) is 5.69 Å². The Bertz CT molecular complexity index is 1120. The minimum Gasteiger partial charge on any atom is -0.248 e. The van der Waals surface area contributed by atoms with E-state index < -0.39 is 0 Å². The van der Waals surface area contributed by atoms with Gasteiger partial charge in [-0.25, -0.2) is 14.9 Å². The van der Waals surface area contributed by atoms with Gasteiger partial charge in [0.25, 0.3) is 0 Å². The second kappa shape index (κ2) is 4.18. The molecule has 0 aliphatic heterocycles.